The summed E-state index contributed by atoms with van der Waals surface area (Å²) in [4.78, 5) is 0. The van der Waals surface area contributed by atoms with Crippen LogP contribution in [0.3, 0.4) is 0 Å². The van der Waals surface area contributed by atoms with Crippen LogP contribution in [0.1, 0.15) is 92.9 Å². The van der Waals surface area contributed by atoms with Gasteiger partial charge in [-0.05, 0) is 115 Å². The van der Waals surface area contributed by atoms with E-state index in [1.165, 1.54) is 44.9 Å². The SMILES string of the molecule is CC1(C)C2CCC1(C)C1CC3C(C21)C1CCC3(C)C1(C)C.[CH]1[CH]CCC1.[Cl][Ti][Cl]. The van der Waals surface area contributed by atoms with Crippen LogP contribution < -0.4 is 0 Å². The van der Waals surface area contributed by atoms with Gasteiger partial charge in [-0.3, -0.25) is 0 Å². The van der Waals surface area contributed by atoms with Crippen molar-refractivity contribution in [3.63, 3.8) is 0 Å². The first-order valence-electron chi connectivity index (χ1n) is 12.2. The van der Waals surface area contributed by atoms with Crippen LogP contribution >= 0.6 is 18.6 Å². The van der Waals surface area contributed by atoms with E-state index >= 15 is 0 Å². The van der Waals surface area contributed by atoms with E-state index in [0.29, 0.717) is 21.7 Å². The van der Waals surface area contributed by atoms with Crippen molar-refractivity contribution < 1.29 is 17.0 Å². The van der Waals surface area contributed by atoms with Crippen LogP contribution in [-0.2, 0) is 17.0 Å². The normalized spacial score (nSPS) is 51.6. The molecule has 6 saturated carbocycles. The van der Waals surface area contributed by atoms with Crippen molar-refractivity contribution >= 4 is 18.6 Å². The first kappa shape index (κ1) is 23.5. The van der Waals surface area contributed by atoms with Crippen LogP contribution in [-0.4, -0.2) is 0 Å². The van der Waals surface area contributed by atoms with Gasteiger partial charge >= 0.3 is 35.6 Å². The summed E-state index contributed by atoms with van der Waals surface area (Å²) in [5.74, 6) is 6.40. The average Bonchev–Trinajstić information content (AvgIpc) is 3.44. The summed E-state index contributed by atoms with van der Waals surface area (Å²) in [5, 5.41) is 0. The molecule has 0 N–H and O–H groups in total. The molecule has 4 bridgehead atoms. The van der Waals surface area contributed by atoms with Crippen LogP contribution in [0.5, 0.6) is 0 Å². The summed E-state index contributed by atoms with van der Waals surface area (Å²) in [6, 6.07) is 0. The van der Waals surface area contributed by atoms with Crippen molar-refractivity contribution in [1.29, 1.82) is 0 Å². The summed E-state index contributed by atoms with van der Waals surface area (Å²) in [6.45, 7) is 15.8. The van der Waals surface area contributed by atoms with Crippen LogP contribution in [0.4, 0.5) is 0 Å². The standard InChI is InChI=1S/C21H34.C5H8.2ClH.Ti/c1-18(2)12-7-9-20(18,5)14-11-15-17(16(12)14)13-8-10-21(15,6)19(13,3)4;1-2-4-5-3-1;;;/h12-17H,7-11H2,1-6H3;1-2H,3-5H2;2*1H;/q;;;;+2/p-2. The van der Waals surface area contributed by atoms with Gasteiger partial charge in [0.25, 0.3) is 0 Å². The predicted octanol–water partition coefficient (Wildman–Crippen LogP) is 8.72. The first-order chi connectivity index (χ1) is 13.6. The Hall–Kier alpha value is 1.29. The van der Waals surface area contributed by atoms with E-state index in [1.807, 2.05) is 0 Å². The van der Waals surface area contributed by atoms with Crippen molar-refractivity contribution in [3.05, 3.63) is 12.8 Å². The van der Waals surface area contributed by atoms with Gasteiger partial charge in [0, 0.05) is 0 Å². The quantitative estimate of drug-likeness (QED) is 0.309. The number of hydrogen-bond donors (Lipinski definition) is 0. The fourth-order valence-electron chi connectivity index (χ4n) is 9.98. The average molecular weight is 473 g/mol. The van der Waals surface area contributed by atoms with Gasteiger partial charge in [-0.1, -0.05) is 48.0 Å². The second-order valence-corrected chi connectivity index (χ2v) is 15.2. The molecular formula is C26H42Cl2Ti. The Balaban J connectivity index is 0.000000218. The maximum atomic E-state index is 4.89. The van der Waals surface area contributed by atoms with Crippen molar-refractivity contribution in [1.82, 2.24) is 0 Å². The molecule has 0 spiro atoms. The molecule has 29 heavy (non-hydrogen) atoms. The second-order valence-electron chi connectivity index (χ2n) is 12.6. The van der Waals surface area contributed by atoms with Gasteiger partial charge in [-0.2, -0.15) is 0 Å². The fraction of sp³-hybridized carbons (Fsp3) is 0.923. The zero-order valence-corrected chi connectivity index (χ0v) is 22.6. The Labute approximate surface area is 197 Å². The van der Waals surface area contributed by atoms with Gasteiger partial charge in [0.15, 0.2) is 0 Å². The third-order valence-electron chi connectivity index (χ3n) is 12.1. The number of hydrogen-bond acceptors (Lipinski definition) is 0. The molecule has 8 unspecified atom stereocenters. The second kappa shape index (κ2) is 7.96. The minimum atomic E-state index is -0.556. The Morgan fingerprint density at radius 1 is 0.690 bits per heavy atom. The molecule has 0 aromatic rings. The summed E-state index contributed by atoms with van der Waals surface area (Å²) in [7, 11) is 9.78. The monoisotopic (exact) mass is 472 g/mol. The third kappa shape index (κ3) is 3.07. The van der Waals surface area contributed by atoms with Gasteiger partial charge in [0.05, 0.1) is 0 Å². The summed E-state index contributed by atoms with van der Waals surface area (Å²) in [6.07, 6.45) is 16.2. The summed E-state index contributed by atoms with van der Waals surface area (Å²) >= 11 is -0.556. The van der Waals surface area contributed by atoms with Crippen molar-refractivity contribution in [3.8, 4) is 0 Å². The van der Waals surface area contributed by atoms with Gasteiger partial charge in [-0.15, -0.1) is 0 Å². The molecule has 6 aliphatic carbocycles. The van der Waals surface area contributed by atoms with Crippen LogP contribution in [0.15, 0.2) is 0 Å². The van der Waals surface area contributed by atoms with Gasteiger partial charge < -0.3 is 0 Å². The van der Waals surface area contributed by atoms with Gasteiger partial charge in [0.2, 0.25) is 0 Å². The van der Waals surface area contributed by atoms with Gasteiger partial charge in [0.1, 0.15) is 0 Å². The van der Waals surface area contributed by atoms with E-state index in [9.17, 15) is 0 Å². The molecular weight excluding hydrogens is 431 g/mol. The number of fused-ring (bicyclic) bond motifs is 11. The fourth-order valence-corrected chi connectivity index (χ4v) is 9.98. The molecule has 6 fully saturated rings. The summed E-state index contributed by atoms with van der Waals surface area (Å²) < 4.78 is 0. The maximum absolute atomic E-state index is 4.89. The number of halogens is 2. The van der Waals surface area contributed by atoms with Crippen molar-refractivity contribution in [2.45, 2.75) is 92.9 Å². The third-order valence-corrected chi connectivity index (χ3v) is 12.1. The molecule has 164 valence electrons. The van der Waals surface area contributed by atoms with E-state index in [1.54, 1.807) is 6.42 Å². The molecule has 0 heterocycles. The van der Waals surface area contributed by atoms with Crippen LogP contribution in [0.25, 0.3) is 0 Å². The van der Waals surface area contributed by atoms with E-state index in [0.717, 1.165) is 35.5 Å². The summed E-state index contributed by atoms with van der Waals surface area (Å²) in [5.41, 5.74) is 2.54. The van der Waals surface area contributed by atoms with E-state index in [-0.39, 0.29) is 0 Å². The molecule has 6 aliphatic rings. The van der Waals surface area contributed by atoms with Gasteiger partial charge in [-0.25, -0.2) is 0 Å². The van der Waals surface area contributed by atoms with Crippen LogP contribution in [0.2, 0.25) is 0 Å². The Morgan fingerprint density at radius 2 is 1.07 bits per heavy atom. The molecule has 0 aromatic heterocycles. The van der Waals surface area contributed by atoms with Crippen molar-refractivity contribution in [2.24, 2.45) is 57.2 Å². The first-order valence-corrected chi connectivity index (χ1v) is 16.5. The molecule has 0 nitrogen and oxygen atoms in total. The van der Waals surface area contributed by atoms with Crippen LogP contribution in [0, 0.1) is 70.0 Å². The molecule has 0 aromatic carbocycles. The Bertz CT molecular complexity index is 558. The molecule has 2 radical (unpaired) electrons. The molecule has 8 atom stereocenters. The minimum absolute atomic E-state index is 0.556. The molecule has 3 heteroatoms. The topological polar surface area (TPSA) is 0 Å². The Morgan fingerprint density at radius 3 is 1.38 bits per heavy atom. The zero-order chi connectivity index (χ0) is 21.2. The molecule has 0 saturated heterocycles. The number of rotatable bonds is 0. The Kier molecular flexibility index (Phi) is 6.43. The van der Waals surface area contributed by atoms with E-state index in [2.05, 4.69) is 54.4 Å². The zero-order valence-electron chi connectivity index (χ0n) is 19.5. The molecule has 0 amide bonds. The van der Waals surface area contributed by atoms with E-state index < -0.39 is 17.0 Å². The van der Waals surface area contributed by atoms with Crippen molar-refractivity contribution in [2.75, 3.05) is 0 Å². The van der Waals surface area contributed by atoms with E-state index in [4.69, 9.17) is 18.6 Å². The molecule has 0 aliphatic heterocycles. The molecule has 6 rings (SSSR count). The predicted molar refractivity (Wildman–Crippen MR) is 122 cm³/mol.